The number of likely N-dealkylation sites (tertiary alicyclic amines) is 1. The summed E-state index contributed by atoms with van der Waals surface area (Å²) in [6, 6.07) is 6.25. The fraction of sp³-hybridized carbons (Fsp3) is 0.471. The van der Waals surface area contributed by atoms with Crippen molar-refractivity contribution in [1.29, 1.82) is 0 Å². The van der Waals surface area contributed by atoms with E-state index < -0.39 is 5.97 Å². The molecule has 1 aliphatic rings. The number of nitrogens with one attached hydrogen (secondary N) is 1. The highest BCUT2D eigenvalue weighted by atomic mass is 19.1. The summed E-state index contributed by atoms with van der Waals surface area (Å²) in [5.74, 6) is -1.44. The molecule has 2 amide bonds. The van der Waals surface area contributed by atoms with Crippen LogP contribution < -0.4 is 5.32 Å². The van der Waals surface area contributed by atoms with Crippen molar-refractivity contribution in [3.8, 4) is 0 Å². The Morgan fingerprint density at radius 1 is 1.42 bits per heavy atom. The summed E-state index contributed by atoms with van der Waals surface area (Å²) in [6.45, 7) is 0.563. The summed E-state index contributed by atoms with van der Waals surface area (Å²) < 4.78 is 17.7. The van der Waals surface area contributed by atoms with Crippen molar-refractivity contribution >= 4 is 17.8 Å². The lowest BCUT2D eigenvalue weighted by Crippen LogP contribution is -2.47. The molecular weight excluding hydrogens is 315 g/mol. The van der Waals surface area contributed by atoms with E-state index >= 15 is 0 Å². The van der Waals surface area contributed by atoms with Gasteiger partial charge in [0.25, 0.3) is 0 Å². The number of methoxy groups -OCH3 is 1. The molecule has 0 spiro atoms. The monoisotopic (exact) mass is 336 g/mol. The van der Waals surface area contributed by atoms with Crippen molar-refractivity contribution < 1.29 is 23.5 Å². The third kappa shape index (κ3) is 5.04. The quantitative estimate of drug-likeness (QED) is 0.783. The first-order chi connectivity index (χ1) is 11.5. The van der Waals surface area contributed by atoms with Gasteiger partial charge in [0.2, 0.25) is 11.8 Å². The van der Waals surface area contributed by atoms with E-state index in [9.17, 15) is 18.8 Å². The molecule has 0 bridgehead atoms. The van der Waals surface area contributed by atoms with E-state index in [1.165, 1.54) is 19.2 Å². The van der Waals surface area contributed by atoms with Gasteiger partial charge in [-0.3, -0.25) is 14.4 Å². The zero-order chi connectivity index (χ0) is 17.5. The maximum Gasteiger partial charge on any atom is 0.325 e. The molecule has 0 saturated carbocycles. The number of piperidine rings is 1. The first kappa shape index (κ1) is 17.9. The maximum absolute atomic E-state index is 13.2. The van der Waals surface area contributed by atoms with Crippen LogP contribution in [0.15, 0.2) is 24.3 Å². The highest BCUT2D eigenvalue weighted by Crippen LogP contribution is 2.18. The fourth-order valence-electron chi connectivity index (χ4n) is 2.68. The lowest BCUT2D eigenvalue weighted by molar-refractivity contribution is -0.143. The molecule has 1 N–H and O–H groups in total. The topological polar surface area (TPSA) is 75.7 Å². The standard InChI is InChI=1S/C17H21FN2O4/c1-24-16(22)10-19-17(23)13-5-6-15(21)20(11-13)8-7-12-3-2-4-14(18)9-12/h2-4,9,13H,5-8,10-11H2,1H3,(H,19,23)/t13-/m0/s1. The number of hydrogen-bond acceptors (Lipinski definition) is 4. The van der Waals surface area contributed by atoms with Crippen molar-refractivity contribution in [2.75, 3.05) is 26.7 Å². The number of carbonyl (C=O) groups excluding carboxylic acids is 3. The Morgan fingerprint density at radius 3 is 2.92 bits per heavy atom. The van der Waals surface area contributed by atoms with Crippen molar-refractivity contribution in [2.45, 2.75) is 19.3 Å². The summed E-state index contributed by atoms with van der Waals surface area (Å²) in [6.07, 6.45) is 1.28. The predicted molar refractivity (Wildman–Crippen MR) is 84.4 cm³/mol. The van der Waals surface area contributed by atoms with E-state index in [1.54, 1.807) is 17.0 Å². The van der Waals surface area contributed by atoms with Crippen LogP contribution in [0.2, 0.25) is 0 Å². The number of halogens is 1. The minimum absolute atomic E-state index is 0.0107. The number of hydrogen-bond donors (Lipinski definition) is 1. The third-order valence-electron chi connectivity index (χ3n) is 4.06. The second-order valence-corrected chi connectivity index (χ2v) is 5.75. The van der Waals surface area contributed by atoms with Gasteiger partial charge < -0.3 is 15.0 Å². The Hall–Kier alpha value is -2.44. The van der Waals surface area contributed by atoms with E-state index in [-0.39, 0.29) is 30.1 Å². The highest BCUT2D eigenvalue weighted by molar-refractivity contribution is 5.86. The zero-order valence-electron chi connectivity index (χ0n) is 13.6. The molecule has 130 valence electrons. The molecule has 2 rings (SSSR count). The van der Waals surface area contributed by atoms with Gasteiger partial charge in [0.1, 0.15) is 12.4 Å². The summed E-state index contributed by atoms with van der Waals surface area (Å²) in [5, 5.41) is 2.52. The van der Waals surface area contributed by atoms with Gasteiger partial charge in [0, 0.05) is 19.5 Å². The van der Waals surface area contributed by atoms with Crippen LogP contribution in [0.4, 0.5) is 4.39 Å². The van der Waals surface area contributed by atoms with Crippen LogP contribution >= 0.6 is 0 Å². The molecule has 1 aromatic carbocycles. The molecule has 1 aromatic rings. The number of benzene rings is 1. The molecule has 24 heavy (non-hydrogen) atoms. The Labute approximate surface area is 140 Å². The Bertz CT molecular complexity index is 620. The molecule has 0 aliphatic carbocycles. The average molecular weight is 336 g/mol. The van der Waals surface area contributed by atoms with E-state index in [4.69, 9.17) is 0 Å². The molecule has 1 heterocycles. The van der Waals surface area contributed by atoms with Crippen molar-refractivity contribution in [3.05, 3.63) is 35.6 Å². The zero-order valence-corrected chi connectivity index (χ0v) is 13.6. The summed E-state index contributed by atoms with van der Waals surface area (Å²) in [5.41, 5.74) is 0.806. The molecule has 1 saturated heterocycles. The lowest BCUT2D eigenvalue weighted by Gasteiger charge is -2.32. The van der Waals surface area contributed by atoms with Crippen molar-refractivity contribution in [3.63, 3.8) is 0 Å². The summed E-state index contributed by atoms with van der Waals surface area (Å²) >= 11 is 0. The Morgan fingerprint density at radius 2 is 2.21 bits per heavy atom. The average Bonchev–Trinajstić information content (AvgIpc) is 2.58. The van der Waals surface area contributed by atoms with Crippen LogP contribution in [0.25, 0.3) is 0 Å². The molecule has 1 fully saturated rings. The fourth-order valence-corrected chi connectivity index (χ4v) is 2.68. The Kier molecular flexibility index (Phi) is 6.28. The predicted octanol–water partition coefficient (Wildman–Crippen LogP) is 0.896. The second kappa shape index (κ2) is 8.42. The van der Waals surface area contributed by atoms with Crippen LogP contribution in [0.3, 0.4) is 0 Å². The van der Waals surface area contributed by atoms with Gasteiger partial charge in [-0.2, -0.15) is 0 Å². The van der Waals surface area contributed by atoms with Gasteiger partial charge in [-0.1, -0.05) is 12.1 Å². The first-order valence-electron chi connectivity index (χ1n) is 7.86. The number of amides is 2. The minimum atomic E-state index is -0.516. The number of carbonyl (C=O) groups is 3. The summed E-state index contributed by atoms with van der Waals surface area (Å²) in [4.78, 5) is 36.8. The van der Waals surface area contributed by atoms with Gasteiger partial charge in [-0.05, 0) is 30.5 Å². The van der Waals surface area contributed by atoms with Crippen LogP contribution in [0.1, 0.15) is 18.4 Å². The molecule has 1 atom stereocenters. The van der Waals surface area contributed by atoms with Gasteiger partial charge in [-0.25, -0.2) is 4.39 Å². The van der Waals surface area contributed by atoms with Crippen LogP contribution in [-0.2, 0) is 25.5 Å². The molecule has 0 radical (unpaired) electrons. The van der Waals surface area contributed by atoms with Crippen molar-refractivity contribution in [2.24, 2.45) is 5.92 Å². The number of nitrogens with zero attached hydrogens (tertiary/aromatic N) is 1. The highest BCUT2D eigenvalue weighted by Gasteiger charge is 2.30. The third-order valence-corrected chi connectivity index (χ3v) is 4.06. The van der Waals surface area contributed by atoms with Crippen LogP contribution in [0, 0.1) is 11.7 Å². The van der Waals surface area contributed by atoms with Gasteiger partial charge >= 0.3 is 5.97 Å². The van der Waals surface area contributed by atoms with Crippen LogP contribution in [0.5, 0.6) is 0 Å². The molecule has 6 nitrogen and oxygen atoms in total. The van der Waals surface area contributed by atoms with E-state index in [1.807, 2.05) is 0 Å². The smallest absolute Gasteiger partial charge is 0.325 e. The van der Waals surface area contributed by atoms with Crippen molar-refractivity contribution in [1.82, 2.24) is 10.2 Å². The van der Waals surface area contributed by atoms with Gasteiger partial charge in [0.05, 0.1) is 13.0 Å². The molecule has 7 heteroatoms. The van der Waals surface area contributed by atoms with Gasteiger partial charge in [-0.15, -0.1) is 0 Å². The van der Waals surface area contributed by atoms with Crippen LogP contribution in [-0.4, -0.2) is 49.4 Å². The largest absolute Gasteiger partial charge is 0.468 e. The number of esters is 1. The summed E-state index contributed by atoms with van der Waals surface area (Å²) in [7, 11) is 1.25. The molecule has 0 unspecified atom stereocenters. The van der Waals surface area contributed by atoms with E-state index in [0.29, 0.717) is 32.4 Å². The van der Waals surface area contributed by atoms with E-state index in [2.05, 4.69) is 10.1 Å². The van der Waals surface area contributed by atoms with Gasteiger partial charge in [0.15, 0.2) is 0 Å². The van der Waals surface area contributed by atoms with E-state index in [0.717, 1.165) is 5.56 Å². The first-order valence-corrected chi connectivity index (χ1v) is 7.86. The molecule has 1 aliphatic heterocycles. The lowest BCUT2D eigenvalue weighted by atomic mass is 9.96. The SMILES string of the molecule is COC(=O)CNC(=O)[C@H]1CCC(=O)N(CCc2cccc(F)c2)C1. The molecule has 0 aromatic heterocycles. The minimum Gasteiger partial charge on any atom is -0.468 e. The normalized spacial score (nSPS) is 17.5. The number of ether oxygens (including phenoxy) is 1. The second-order valence-electron chi connectivity index (χ2n) is 5.75. The molecular formula is C17H21FN2O4. The maximum atomic E-state index is 13.2. The Balaban J connectivity index is 1.87. The number of rotatable bonds is 6.